The fourth-order valence-corrected chi connectivity index (χ4v) is 16.2. The molecule has 0 unspecified atom stereocenters. The van der Waals surface area contributed by atoms with Gasteiger partial charge in [-0.15, -0.1) is 0 Å². The van der Waals surface area contributed by atoms with Gasteiger partial charge in [0.2, 0.25) is 0 Å². The molecule has 0 saturated heterocycles. The van der Waals surface area contributed by atoms with E-state index in [4.69, 9.17) is 0 Å². The number of benzene rings is 1. The molecule has 0 heterocycles. The fraction of sp³-hybridized carbons (Fsp3) is 0.700. The summed E-state index contributed by atoms with van der Waals surface area (Å²) in [7, 11) is -3.64. The van der Waals surface area contributed by atoms with Crippen LogP contribution >= 0.6 is 0 Å². The Hall–Kier alpha value is -0.466. The molecule has 0 bridgehead atoms. The van der Waals surface area contributed by atoms with Crippen LogP contribution in [0.25, 0.3) is 0 Å². The first-order valence-electron chi connectivity index (χ1n) is 10.4. The molecule has 0 amide bonds. The van der Waals surface area contributed by atoms with Crippen LogP contribution in [0, 0.1) is 0 Å². The van der Waals surface area contributed by atoms with E-state index in [1.54, 1.807) is 0 Å². The Bertz CT molecular complexity index is 447. The molecule has 0 radical (unpaired) electrons. The van der Waals surface area contributed by atoms with Crippen LogP contribution in [0.4, 0.5) is 0 Å². The topological polar surface area (TPSA) is 27.3 Å². The van der Waals surface area contributed by atoms with E-state index in [-0.39, 0.29) is 0 Å². The largest absolute Gasteiger partial charge is 0.317 e. The minimum absolute atomic E-state index is 1.08. The first-order chi connectivity index (χ1) is 12.1. The summed E-state index contributed by atoms with van der Waals surface area (Å²) in [5.74, 6) is 0. The summed E-state index contributed by atoms with van der Waals surface area (Å²) < 4.78 is 2.97. The van der Waals surface area contributed by atoms with Crippen LogP contribution in [0.3, 0.4) is 0 Å². The first kappa shape index (κ1) is 22.6. The number of nitrogens with one attached hydrogen (secondary N) is 2. The lowest BCUT2D eigenvalue weighted by molar-refractivity contribution is 0.569. The quantitative estimate of drug-likeness (QED) is 0.504. The standard InChI is InChI=1S/C20H41N3Si2/c1-7-18-21-25(22-19-8-2,20-16-14-13-15-17-20)23(9-3)24(10-4,11-5)12-6/h13-17,21-22H,7-12,18-19H2,1-6H3. The average molecular weight is 380 g/mol. The van der Waals surface area contributed by atoms with Crippen LogP contribution in [-0.4, -0.2) is 40.7 Å². The molecule has 1 aromatic carbocycles. The predicted octanol–water partition coefficient (Wildman–Crippen LogP) is 4.16. The molecule has 0 aliphatic rings. The number of rotatable bonds is 13. The Labute approximate surface area is 158 Å². The van der Waals surface area contributed by atoms with Gasteiger partial charge in [0.1, 0.15) is 8.24 Å². The lowest BCUT2D eigenvalue weighted by Crippen LogP contribution is -2.84. The maximum absolute atomic E-state index is 4.08. The second kappa shape index (κ2) is 11.3. The molecule has 5 heteroatoms. The Morgan fingerprint density at radius 3 is 1.60 bits per heavy atom. The van der Waals surface area contributed by atoms with Gasteiger partial charge in [-0.25, -0.2) is 0 Å². The van der Waals surface area contributed by atoms with Gasteiger partial charge in [0.15, 0.2) is 0 Å². The lowest BCUT2D eigenvalue weighted by atomic mass is 10.4. The third kappa shape index (κ3) is 5.04. The van der Waals surface area contributed by atoms with Crippen LogP contribution in [0.5, 0.6) is 0 Å². The summed E-state index contributed by atoms with van der Waals surface area (Å²) in [6.07, 6.45) is 2.34. The van der Waals surface area contributed by atoms with Crippen molar-refractivity contribution in [3.8, 4) is 0 Å². The van der Waals surface area contributed by atoms with Crippen molar-refractivity contribution in [2.24, 2.45) is 0 Å². The second-order valence-corrected chi connectivity index (χ2v) is 15.8. The van der Waals surface area contributed by atoms with Gasteiger partial charge in [-0.1, -0.05) is 71.9 Å². The van der Waals surface area contributed by atoms with E-state index in [2.05, 4.69) is 86.1 Å². The highest BCUT2D eigenvalue weighted by molar-refractivity contribution is 6.96. The molecule has 0 aliphatic heterocycles. The molecular weight excluding hydrogens is 338 g/mol. The normalized spacial score (nSPS) is 12.8. The monoisotopic (exact) mass is 379 g/mol. The SMILES string of the molecule is CCCN[Si](NCCC)(c1ccccc1)N(CC)[Si](CC)(CC)CC. The van der Waals surface area contributed by atoms with Crippen molar-refractivity contribution in [1.29, 1.82) is 0 Å². The predicted molar refractivity (Wildman–Crippen MR) is 118 cm³/mol. The summed E-state index contributed by atoms with van der Waals surface area (Å²) in [5.41, 5.74) is 0. The van der Waals surface area contributed by atoms with E-state index < -0.39 is 16.8 Å². The van der Waals surface area contributed by atoms with Crippen molar-refractivity contribution in [3.05, 3.63) is 30.3 Å². The summed E-state index contributed by atoms with van der Waals surface area (Å²) >= 11 is 0. The summed E-state index contributed by atoms with van der Waals surface area (Å²) in [6.45, 7) is 17.5. The van der Waals surface area contributed by atoms with Crippen LogP contribution in [-0.2, 0) is 0 Å². The summed E-state index contributed by atoms with van der Waals surface area (Å²) in [6, 6.07) is 15.2. The van der Waals surface area contributed by atoms with Crippen molar-refractivity contribution in [2.45, 2.75) is 72.5 Å². The number of hydrogen-bond donors (Lipinski definition) is 2. The van der Waals surface area contributed by atoms with Crippen molar-refractivity contribution < 1.29 is 0 Å². The van der Waals surface area contributed by atoms with Gasteiger partial charge < -0.3 is 14.2 Å². The maximum Gasteiger partial charge on any atom is 0.311 e. The molecule has 0 spiro atoms. The van der Waals surface area contributed by atoms with E-state index in [0.717, 1.165) is 19.6 Å². The molecule has 0 atom stereocenters. The first-order valence-corrected chi connectivity index (χ1v) is 15.0. The van der Waals surface area contributed by atoms with Crippen LogP contribution < -0.4 is 15.2 Å². The Balaban J connectivity index is 3.52. The molecule has 1 aromatic rings. The molecule has 144 valence electrons. The highest BCUT2D eigenvalue weighted by atomic mass is 28.4. The van der Waals surface area contributed by atoms with Gasteiger partial charge >= 0.3 is 8.56 Å². The molecule has 3 nitrogen and oxygen atoms in total. The van der Waals surface area contributed by atoms with E-state index in [1.165, 1.54) is 36.2 Å². The van der Waals surface area contributed by atoms with Crippen LogP contribution in [0.2, 0.25) is 18.1 Å². The van der Waals surface area contributed by atoms with Gasteiger partial charge in [-0.3, -0.25) is 0 Å². The maximum atomic E-state index is 4.08. The highest BCUT2D eigenvalue weighted by Crippen LogP contribution is 2.28. The van der Waals surface area contributed by atoms with Crippen molar-refractivity contribution >= 4 is 22.0 Å². The fourth-order valence-electron chi connectivity index (χ4n) is 4.16. The van der Waals surface area contributed by atoms with E-state index >= 15 is 0 Å². The Kier molecular flexibility index (Phi) is 10.2. The Morgan fingerprint density at radius 1 is 0.760 bits per heavy atom. The van der Waals surface area contributed by atoms with Gasteiger partial charge in [-0.05, 0) is 55.8 Å². The van der Waals surface area contributed by atoms with Gasteiger partial charge in [-0.2, -0.15) is 0 Å². The van der Waals surface area contributed by atoms with Crippen molar-refractivity contribution in [1.82, 2.24) is 14.2 Å². The molecular formula is C20H41N3Si2. The zero-order valence-electron chi connectivity index (χ0n) is 17.5. The molecule has 25 heavy (non-hydrogen) atoms. The second-order valence-electron chi connectivity index (χ2n) is 6.96. The third-order valence-electron chi connectivity index (χ3n) is 5.72. The summed E-state index contributed by atoms with van der Waals surface area (Å²) in [5, 5.41) is 1.49. The van der Waals surface area contributed by atoms with Crippen molar-refractivity contribution in [2.75, 3.05) is 19.6 Å². The molecule has 1 rings (SSSR count). The van der Waals surface area contributed by atoms with Gasteiger partial charge in [0.25, 0.3) is 0 Å². The zero-order valence-corrected chi connectivity index (χ0v) is 19.5. The highest BCUT2D eigenvalue weighted by Gasteiger charge is 2.50. The Morgan fingerprint density at radius 2 is 1.24 bits per heavy atom. The lowest BCUT2D eigenvalue weighted by Gasteiger charge is -2.52. The zero-order chi connectivity index (χ0) is 18.8. The van der Waals surface area contributed by atoms with E-state index in [9.17, 15) is 0 Å². The third-order valence-corrected chi connectivity index (χ3v) is 17.4. The molecule has 0 aliphatic carbocycles. The van der Waals surface area contributed by atoms with Gasteiger partial charge in [0, 0.05) is 0 Å². The minimum Gasteiger partial charge on any atom is -0.317 e. The number of hydrogen-bond acceptors (Lipinski definition) is 3. The van der Waals surface area contributed by atoms with Gasteiger partial charge in [0.05, 0.1) is 0 Å². The molecule has 0 saturated carbocycles. The summed E-state index contributed by atoms with van der Waals surface area (Å²) in [4.78, 5) is 8.16. The van der Waals surface area contributed by atoms with E-state index in [0.29, 0.717) is 0 Å². The average Bonchev–Trinajstić information content (AvgIpc) is 2.68. The molecule has 0 aromatic heterocycles. The molecule has 2 N–H and O–H groups in total. The van der Waals surface area contributed by atoms with Crippen LogP contribution in [0.15, 0.2) is 30.3 Å². The van der Waals surface area contributed by atoms with Crippen molar-refractivity contribution in [3.63, 3.8) is 0 Å². The van der Waals surface area contributed by atoms with Crippen LogP contribution in [0.1, 0.15) is 54.4 Å². The minimum atomic E-state index is -2.15. The smallest absolute Gasteiger partial charge is 0.311 e. The van der Waals surface area contributed by atoms with E-state index in [1.807, 2.05) is 0 Å². The number of nitrogens with zero attached hydrogens (tertiary/aromatic N) is 1. The molecule has 0 fully saturated rings.